The Balaban J connectivity index is -0.0000000134. The summed E-state index contributed by atoms with van der Waals surface area (Å²) in [5.74, 6) is 5.99. The Morgan fingerprint density at radius 1 is 0.680 bits per heavy atom. The molecule has 0 aromatic rings. The molecular formula is C16H44Na3O2S4+. The van der Waals surface area contributed by atoms with Crippen LogP contribution in [0.25, 0.3) is 0 Å². The van der Waals surface area contributed by atoms with Crippen LogP contribution < -0.4 is 93.8 Å². The maximum atomic E-state index is 8.25. The molecule has 0 amide bonds. The number of aliphatic hydroxyl groups is 1. The van der Waals surface area contributed by atoms with Gasteiger partial charge in [0.1, 0.15) is 0 Å². The topological polar surface area (TPSA) is 43.3 Å². The van der Waals surface area contributed by atoms with E-state index in [0.29, 0.717) is 0 Å². The van der Waals surface area contributed by atoms with Gasteiger partial charge in [-0.25, -0.2) is 0 Å². The first-order valence-corrected chi connectivity index (χ1v) is 10.8. The minimum atomic E-state index is 0. The SMILES string of the molecule is CCC.CCO.CCS.CCSCC.CCSCC.C[O-].[Na+].[Na+].[Na+].[SH-]. The minimum Gasteiger partial charge on any atom is -0.857 e. The summed E-state index contributed by atoms with van der Waals surface area (Å²) in [5, 5.41) is 15.8. The predicted octanol–water partition coefficient (Wildman–Crippen LogP) is -4.41. The van der Waals surface area contributed by atoms with Crippen molar-refractivity contribution in [3.8, 4) is 0 Å². The average molecular weight is 466 g/mol. The van der Waals surface area contributed by atoms with E-state index in [1.165, 1.54) is 29.4 Å². The Kier molecular flexibility index (Phi) is 300. The summed E-state index contributed by atoms with van der Waals surface area (Å²) in [6.07, 6.45) is 1.25. The van der Waals surface area contributed by atoms with E-state index in [0.717, 1.165) is 12.9 Å². The molecule has 0 heterocycles. The van der Waals surface area contributed by atoms with Crippen molar-refractivity contribution in [1.29, 1.82) is 0 Å². The molecule has 0 fully saturated rings. The van der Waals surface area contributed by atoms with Gasteiger partial charge in [-0.05, 0) is 35.7 Å². The van der Waals surface area contributed by atoms with Gasteiger partial charge in [0.25, 0.3) is 0 Å². The van der Waals surface area contributed by atoms with Crippen molar-refractivity contribution in [3.63, 3.8) is 0 Å². The third-order valence-corrected chi connectivity index (χ3v) is 2.45. The molecule has 1 N–H and O–H groups in total. The van der Waals surface area contributed by atoms with Gasteiger partial charge < -0.3 is 23.7 Å². The maximum absolute atomic E-state index is 8.25. The number of hydrogen-bond donors (Lipinski definition) is 2. The molecule has 146 valence electrons. The molecule has 0 aliphatic carbocycles. The van der Waals surface area contributed by atoms with E-state index in [4.69, 9.17) is 10.2 Å². The standard InChI is InChI=1S/2C4H10S.C3H8.C2H6O.C2H6S.CH3O.3Na.H2S/c2*1-3-5-4-2;1-3-2;2*1-2-3;1-2;;;;/h2*3-4H2,1-2H3;3H2,1-2H3;2*3H,2H2,1H3;1H3;;;;1H2/q;;;;;-1;3*+1;/p-1. The zero-order chi connectivity index (χ0) is 18.4. The van der Waals surface area contributed by atoms with E-state index in [-0.39, 0.29) is 109 Å². The maximum Gasteiger partial charge on any atom is 1.00 e. The van der Waals surface area contributed by atoms with Crippen LogP contribution in [0.1, 0.15) is 61.8 Å². The second-order valence-corrected chi connectivity index (χ2v) is 6.66. The number of hydrogen-bond acceptors (Lipinski definition) is 6. The zero-order valence-electron chi connectivity index (χ0n) is 19.5. The predicted molar refractivity (Wildman–Crippen MR) is 120 cm³/mol. The van der Waals surface area contributed by atoms with Crippen molar-refractivity contribution in [2.24, 2.45) is 0 Å². The van der Waals surface area contributed by atoms with Crippen LogP contribution in [0, 0.1) is 0 Å². The van der Waals surface area contributed by atoms with Crippen LogP contribution in [-0.2, 0) is 13.5 Å². The van der Waals surface area contributed by atoms with Gasteiger partial charge in [-0.3, -0.25) is 0 Å². The fourth-order valence-electron chi connectivity index (χ4n) is 0.408. The number of thioether (sulfide) groups is 2. The second-order valence-electron chi connectivity index (χ2n) is 2.90. The number of aliphatic hydroxyl groups excluding tert-OH is 1. The Bertz CT molecular complexity index is 79.6. The second kappa shape index (κ2) is 119. The van der Waals surface area contributed by atoms with Crippen molar-refractivity contribution >= 4 is 49.6 Å². The summed E-state index contributed by atoms with van der Waals surface area (Å²) in [6, 6.07) is 0. The van der Waals surface area contributed by atoms with E-state index >= 15 is 0 Å². The minimum absolute atomic E-state index is 0. The van der Waals surface area contributed by atoms with Crippen LogP contribution in [0.2, 0.25) is 0 Å². The molecule has 2 nitrogen and oxygen atoms in total. The van der Waals surface area contributed by atoms with Gasteiger partial charge in [-0.2, -0.15) is 43.3 Å². The molecule has 0 aromatic heterocycles. The summed E-state index contributed by atoms with van der Waals surface area (Å²) in [4.78, 5) is 0. The van der Waals surface area contributed by atoms with E-state index in [1.54, 1.807) is 6.92 Å². The molecule has 0 spiro atoms. The first kappa shape index (κ1) is 63.0. The molecule has 0 unspecified atom stereocenters. The van der Waals surface area contributed by atoms with Gasteiger partial charge in [0, 0.05) is 6.61 Å². The zero-order valence-corrected chi connectivity index (χ0v) is 28.9. The monoisotopic (exact) mass is 465 g/mol. The van der Waals surface area contributed by atoms with Gasteiger partial charge in [0.05, 0.1) is 0 Å². The molecule has 25 heavy (non-hydrogen) atoms. The van der Waals surface area contributed by atoms with Gasteiger partial charge >= 0.3 is 88.7 Å². The van der Waals surface area contributed by atoms with Crippen molar-refractivity contribution < 1.29 is 98.9 Å². The van der Waals surface area contributed by atoms with E-state index in [2.05, 4.69) is 54.2 Å². The fraction of sp³-hybridized carbons (Fsp3) is 1.00. The molecule has 9 heteroatoms. The Morgan fingerprint density at radius 2 is 0.760 bits per heavy atom. The number of rotatable bonds is 4. The van der Waals surface area contributed by atoms with Crippen molar-refractivity contribution in [2.45, 2.75) is 61.8 Å². The summed E-state index contributed by atoms with van der Waals surface area (Å²) in [7, 11) is 0.750. The van der Waals surface area contributed by atoms with E-state index in [9.17, 15) is 0 Å². The van der Waals surface area contributed by atoms with Crippen LogP contribution in [0.15, 0.2) is 0 Å². The normalized spacial score (nSPS) is 5.76. The molecule has 0 bridgehead atoms. The van der Waals surface area contributed by atoms with E-state index in [1.807, 2.05) is 30.4 Å². The summed E-state index contributed by atoms with van der Waals surface area (Å²) in [6.45, 7) is 16.9. The quantitative estimate of drug-likeness (QED) is 0.249. The molecule has 0 saturated carbocycles. The summed E-state index contributed by atoms with van der Waals surface area (Å²) < 4.78 is 0. The van der Waals surface area contributed by atoms with Crippen molar-refractivity contribution in [2.75, 3.05) is 42.5 Å². The molecule has 0 aliphatic rings. The fourth-order valence-corrected chi connectivity index (χ4v) is 1.22. The third kappa shape index (κ3) is 283. The van der Waals surface area contributed by atoms with E-state index < -0.39 is 0 Å². The largest absolute Gasteiger partial charge is 1.00 e. The Labute approximate surface area is 249 Å². The first-order valence-electron chi connectivity index (χ1n) is 7.85. The Morgan fingerprint density at radius 3 is 0.760 bits per heavy atom. The summed E-state index contributed by atoms with van der Waals surface area (Å²) >= 11 is 7.71. The Hall–Kier alpha value is 4.32. The number of thiol groups is 2. The molecule has 0 aliphatic heterocycles. The van der Waals surface area contributed by atoms with Gasteiger partial charge in [0.2, 0.25) is 0 Å². The van der Waals surface area contributed by atoms with Crippen molar-refractivity contribution in [1.82, 2.24) is 0 Å². The molecule has 0 rings (SSSR count). The first-order chi connectivity index (χ1) is 10.1. The third-order valence-electron chi connectivity index (χ3n) is 0.816. The van der Waals surface area contributed by atoms with Gasteiger partial charge in [0.15, 0.2) is 0 Å². The molecule has 0 radical (unpaired) electrons. The smallest absolute Gasteiger partial charge is 0.857 e. The molecule has 0 atom stereocenters. The van der Waals surface area contributed by atoms with Crippen molar-refractivity contribution in [3.05, 3.63) is 0 Å². The van der Waals surface area contributed by atoms with Gasteiger partial charge in [-0.15, -0.1) is 0 Å². The molecule has 0 aromatic carbocycles. The van der Waals surface area contributed by atoms with Crippen LogP contribution in [0.5, 0.6) is 0 Å². The van der Waals surface area contributed by atoms with Crippen LogP contribution in [-0.4, -0.2) is 47.6 Å². The van der Waals surface area contributed by atoms with Gasteiger partial charge in [-0.1, -0.05) is 54.9 Å². The van der Waals surface area contributed by atoms with Crippen LogP contribution in [0.3, 0.4) is 0 Å². The average Bonchev–Trinajstić information content (AvgIpc) is 2.46. The summed E-state index contributed by atoms with van der Waals surface area (Å²) in [5.41, 5.74) is 0. The van der Waals surface area contributed by atoms with Crippen LogP contribution >= 0.6 is 36.2 Å². The molecular weight excluding hydrogens is 421 g/mol. The molecule has 0 saturated heterocycles. The van der Waals surface area contributed by atoms with Crippen LogP contribution in [0.4, 0.5) is 0 Å².